The Kier molecular flexibility index (Phi) is 8.28. The van der Waals surface area contributed by atoms with E-state index in [1.165, 1.54) is 0 Å². The van der Waals surface area contributed by atoms with Gasteiger partial charge in [-0.15, -0.1) is 0 Å². The van der Waals surface area contributed by atoms with Crippen molar-refractivity contribution in [1.29, 1.82) is 0 Å². The number of aliphatic hydroxyl groups is 1. The predicted molar refractivity (Wildman–Crippen MR) is 159 cm³/mol. The molecule has 1 aromatic carbocycles. The van der Waals surface area contributed by atoms with Gasteiger partial charge in [-0.2, -0.15) is 0 Å². The molecule has 0 aromatic heterocycles. The van der Waals surface area contributed by atoms with Gasteiger partial charge in [0.1, 0.15) is 23.2 Å². The van der Waals surface area contributed by atoms with Crippen LogP contribution in [-0.4, -0.2) is 33.9 Å². The number of carboxylic acids is 1. The smallest absolute Gasteiger partial charge is 0.304 e. The molecule has 0 spiro atoms. The van der Waals surface area contributed by atoms with Gasteiger partial charge < -0.3 is 14.9 Å². The summed E-state index contributed by atoms with van der Waals surface area (Å²) < 4.78 is 6.26. The number of allylic oxidation sites excluding steroid dienone is 6. The maximum atomic E-state index is 14.7. The SMILES string of the molecule is C=C(C)[C@@H]1C[C@@H](CC2(CC=C(C)C)C(=O)C3=C(O[C@H](C)[C@H](C)C3=O)C(C(CC(=O)O)c3ccccc3)=C2O)C1(C)C. The highest BCUT2D eigenvalue weighted by atomic mass is 16.5. The summed E-state index contributed by atoms with van der Waals surface area (Å²) in [6, 6.07) is 9.09. The van der Waals surface area contributed by atoms with Crippen LogP contribution in [0.25, 0.3) is 0 Å². The number of rotatable bonds is 9. The van der Waals surface area contributed by atoms with Crippen LogP contribution < -0.4 is 0 Å². The predicted octanol–water partition coefficient (Wildman–Crippen LogP) is 7.49. The molecule has 1 aromatic rings. The van der Waals surface area contributed by atoms with Crippen molar-refractivity contribution in [2.24, 2.45) is 28.6 Å². The monoisotopic (exact) mass is 560 g/mol. The number of Topliss-reactive ketones (excluding diaryl/α,β-unsaturated/α-hetero) is 2. The Morgan fingerprint density at radius 2 is 1.78 bits per heavy atom. The van der Waals surface area contributed by atoms with E-state index < -0.39 is 35.1 Å². The minimum absolute atomic E-state index is 0.0366. The molecule has 41 heavy (non-hydrogen) atoms. The van der Waals surface area contributed by atoms with Gasteiger partial charge >= 0.3 is 5.97 Å². The lowest BCUT2D eigenvalue weighted by molar-refractivity contribution is -0.137. The highest BCUT2D eigenvalue weighted by Crippen LogP contribution is 2.61. The number of carboxylic acid groups (broad SMARTS) is 1. The average molecular weight is 561 g/mol. The largest absolute Gasteiger partial charge is 0.511 e. The number of carbonyl (C=O) groups is 3. The third-order valence-corrected chi connectivity index (χ3v) is 9.96. The molecule has 1 saturated carbocycles. The number of carbonyl (C=O) groups excluding carboxylic acids is 2. The van der Waals surface area contributed by atoms with E-state index >= 15 is 0 Å². The van der Waals surface area contributed by atoms with Gasteiger partial charge in [-0.25, -0.2) is 0 Å². The van der Waals surface area contributed by atoms with Crippen LogP contribution >= 0.6 is 0 Å². The first kappa shape index (κ1) is 30.5. The summed E-state index contributed by atoms with van der Waals surface area (Å²) in [6.45, 7) is 17.9. The highest BCUT2D eigenvalue weighted by Gasteiger charge is 2.59. The van der Waals surface area contributed by atoms with Gasteiger partial charge in [0.25, 0.3) is 0 Å². The van der Waals surface area contributed by atoms with Crippen molar-refractivity contribution < 1.29 is 29.3 Å². The number of ether oxygens (including phenoxy) is 1. The maximum Gasteiger partial charge on any atom is 0.304 e. The molecule has 220 valence electrons. The molecule has 6 nitrogen and oxygen atoms in total. The molecule has 4 rings (SSSR count). The lowest BCUT2D eigenvalue weighted by atomic mass is 9.48. The summed E-state index contributed by atoms with van der Waals surface area (Å²) in [7, 11) is 0. The first-order chi connectivity index (χ1) is 19.1. The number of aliphatic carboxylic acids is 1. The zero-order valence-corrected chi connectivity index (χ0v) is 25.4. The van der Waals surface area contributed by atoms with Crippen molar-refractivity contribution in [3.05, 3.63) is 82.4 Å². The van der Waals surface area contributed by atoms with Gasteiger partial charge in [0, 0.05) is 11.5 Å². The molecule has 2 aliphatic carbocycles. The van der Waals surface area contributed by atoms with E-state index in [1.807, 2.05) is 57.2 Å². The van der Waals surface area contributed by atoms with E-state index in [0.717, 1.165) is 17.6 Å². The average Bonchev–Trinajstić information content (AvgIpc) is 2.89. The van der Waals surface area contributed by atoms with E-state index in [0.29, 0.717) is 12.0 Å². The molecule has 0 saturated heterocycles. The van der Waals surface area contributed by atoms with E-state index in [9.17, 15) is 24.6 Å². The molecule has 3 aliphatic rings. The minimum atomic E-state index is -1.42. The lowest BCUT2D eigenvalue weighted by Crippen LogP contribution is -2.52. The van der Waals surface area contributed by atoms with E-state index in [1.54, 1.807) is 13.8 Å². The Balaban J connectivity index is 2.01. The van der Waals surface area contributed by atoms with Crippen molar-refractivity contribution in [3.63, 3.8) is 0 Å². The molecular formula is C35H44O6. The Bertz CT molecular complexity index is 1360. The number of aliphatic hydroxyl groups excluding tert-OH is 1. The number of ketones is 2. The Labute approximate surface area is 243 Å². The minimum Gasteiger partial charge on any atom is -0.511 e. The summed E-state index contributed by atoms with van der Waals surface area (Å²) in [4.78, 5) is 40.8. The van der Waals surface area contributed by atoms with Crippen LogP contribution in [0.3, 0.4) is 0 Å². The lowest BCUT2D eigenvalue weighted by Gasteiger charge is -2.56. The summed E-state index contributed by atoms with van der Waals surface area (Å²) in [5.74, 6) is -2.92. The second kappa shape index (κ2) is 11.1. The van der Waals surface area contributed by atoms with Gasteiger partial charge in [-0.3, -0.25) is 14.4 Å². The first-order valence-corrected chi connectivity index (χ1v) is 14.6. The van der Waals surface area contributed by atoms with Crippen LogP contribution in [0.4, 0.5) is 0 Å². The van der Waals surface area contributed by atoms with Crippen LogP contribution in [0.5, 0.6) is 0 Å². The van der Waals surface area contributed by atoms with Crippen LogP contribution in [0.2, 0.25) is 0 Å². The van der Waals surface area contributed by atoms with E-state index in [4.69, 9.17) is 4.74 Å². The molecule has 0 amide bonds. The fraction of sp³-hybridized carbons (Fsp3) is 0.514. The van der Waals surface area contributed by atoms with Crippen molar-refractivity contribution in [2.45, 2.75) is 86.2 Å². The molecule has 1 fully saturated rings. The van der Waals surface area contributed by atoms with E-state index in [2.05, 4.69) is 20.4 Å². The Morgan fingerprint density at radius 3 is 2.32 bits per heavy atom. The fourth-order valence-corrected chi connectivity index (χ4v) is 7.05. The second-order valence-corrected chi connectivity index (χ2v) is 13.3. The topological polar surface area (TPSA) is 101 Å². The molecule has 0 radical (unpaired) electrons. The normalized spacial score (nSPS) is 29.7. The summed E-state index contributed by atoms with van der Waals surface area (Å²) in [5.41, 5.74) is 1.38. The number of hydrogen-bond donors (Lipinski definition) is 2. The van der Waals surface area contributed by atoms with Crippen LogP contribution in [0.15, 0.2) is 76.8 Å². The van der Waals surface area contributed by atoms with Gasteiger partial charge in [0.15, 0.2) is 11.6 Å². The molecule has 0 bridgehead atoms. The third kappa shape index (κ3) is 5.22. The van der Waals surface area contributed by atoms with Crippen molar-refractivity contribution in [2.75, 3.05) is 0 Å². The molecule has 2 N–H and O–H groups in total. The number of benzene rings is 1. The Hall–Kier alpha value is -3.41. The maximum absolute atomic E-state index is 14.7. The third-order valence-electron chi connectivity index (χ3n) is 9.96. The zero-order chi connectivity index (χ0) is 30.4. The second-order valence-electron chi connectivity index (χ2n) is 13.3. The quantitative estimate of drug-likeness (QED) is 0.240. The summed E-state index contributed by atoms with van der Waals surface area (Å²) in [5, 5.41) is 22.4. The highest BCUT2D eigenvalue weighted by molar-refractivity contribution is 6.25. The first-order valence-electron chi connectivity index (χ1n) is 14.6. The summed E-state index contributed by atoms with van der Waals surface area (Å²) in [6.07, 6.45) is 2.44. The molecule has 1 heterocycles. The van der Waals surface area contributed by atoms with E-state index in [-0.39, 0.29) is 58.5 Å². The fourth-order valence-electron chi connectivity index (χ4n) is 7.05. The van der Waals surface area contributed by atoms with Crippen LogP contribution in [-0.2, 0) is 19.1 Å². The molecule has 2 unspecified atom stereocenters. The molecular weight excluding hydrogens is 516 g/mol. The van der Waals surface area contributed by atoms with Crippen LogP contribution in [0, 0.1) is 28.6 Å². The molecule has 6 heteroatoms. The van der Waals surface area contributed by atoms with Crippen molar-refractivity contribution in [1.82, 2.24) is 0 Å². The molecule has 1 aliphatic heterocycles. The van der Waals surface area contributed by atoms with Gasteiger partial charge in [-0.05, 0) is 69.8 Å². The van der Waals surface area contributed by atoms with Gasteiger partial charge in [-0.1, -0.05) is 74.9 Å². The molecule has 6 atom stereocenters. The number of hydrogen-bond acceptors (Lipinski definition) is 5. The Morgan fingerprint density at radius 1 is 1.15 bits per heavy atom. The van der Waals surface area contributed by atoms with Gasteiger partial charge in [0.05, 0.1) is 17.8 Å². The summed E-state index contributed by atoms with van der Waals surface area (Å²) >= 11 is 0. The zero-order valence-electron chi connectivity index (χ0n) is 25.4. The standard InChI is InChI=1S/C35H44O6/c1-19(2)14-15-35(18-24-16-26(20(3)4)34(24,7)8)32(39)28(25(17-27(36)37)23-12-10-9-11-13-23)31-29(33(35)40)30(38)21(5)22(6)41-31/h9-14,21-22,24-26,39H,3,15-18H2,1-2,4-8H3,(H,36,37)/t21-,22+,24-,25?,26-,35?/m0/s1. The van der Waals surface area contributed by atoms with Crippen LogP contribution in [0.1, 0.15) is 85.6 Å². The van der Waals surface area contributed by atoms with Gasteiger partial charge in [0.2, 0.25) is 0 Å². The van der Waals surface area contributed by atoms with Crippen molar-refractivity contribution >= 4 is 17.5 Å². The van der Waals surface area contributed by atoms with Crippen molar-refractivity contribution in [3.8, 4) is 0 Å².